The fourth-order valence-electron chi connectivity index (χ4n) is 1.56. The van der Waals surface area contributed by atoms with Crippen molar-refractivity contribution in [1.82, 2.24) is 0 Å². The van der Waals surface area contributed by atoms with Crippen molar-refractivity contribution >= 4 is 17.9 Å². The molecule has 1 aromatic rings. The zero-order valence-electron chi connectivity index (χ0n) is 9.01. The van der Waals surface area contributed by atoms with Gasteiger partial charge in [0.2, 0.25) is 0 Å². The summed E-state index contributed by atoms with van der Waals surface area (Å²) in [7, 11) is 0. The molecule has 1 atom stereocenters. The van der Waals surface area contributed by atoms with Gasteiger partial charge in [0.15, 0.2) is 0 Å². The molecule has 5 heteroatoms. The third kappa shape index (κ3) is 4.04. The van der Waals surface area contributed by atoms with Gasteiger partial charge < -0.3 is 4.79 Å². The van der Waals surface area contributed by atoms with Crippen LogP contribution in [-0.2, 0) is 11.0 Å². The lowest BCUT2D eigenvalue weighted by molar-refractivity contribution is -0.138. The average Bonchev–Trinajstić information content (AvgIpc) is 2.28. The normalized spacial score (nSPS) is 13.4. The zero-order chi connectivity index (χ0) is 12.9. The van der Waals surface area contributed by atoms with Gasteiger partial charge >= 0.3 is 6.18 Å². The van der Waals surface area contributed by atoms with Gasteiger partial charge in [-0.05, 0) is 24.5 Å². The molecule has 17 heavy (non-hydrogen) atoms. The Bertz CT molecular complexity index is 376. The van der Waals surface area contributed by atoms with E-state index >= 15 is 0 Å². The number of aldehydes is 1. The zero-order valence-corrected chi connectivity index (χ0v) is 9.76. The van der Waals surface area contributed by atoms with E-state index in [1.165, 1.54) is 18.2 Å². The number of benzene rings is 1. The molecule has 0 bridgehead atoms. The molecule has 0 heterocycles. The second-order valence-corrected chi connectivity index (χ2v) is 4.18. The molecule has 0 aromatic heterocycles. The van der Waals surface area contributed by atoms with Crippen molar-refractivity contribution in [2.75, 3.05) is 0 Å². The maximum absolute atomic E-state index is 12.7. The monoisotopic (exact) mass is 264 g/mol. The summed E-state index contributed by atoms with van der Waals surface area (Å²) in [5.41, 5.74) is -0.626. The van der Waals surface area contributed by atoms with Gasteiger partial charge in [0.25, 0.3) is 0 Å². The first-order valence-corrected chi connectivity index (χ1v) is 5.64. The van der Waals surface area contributed by atoms with E-state index in [0.29, 0.717) is 19.3 Å². The molecule has 0 amide bonds. The van der Waals surface area contributed by atoms with Crippen LogP contribution in [0.5, 0.6) is 0 Å². The molecule has 0 N–H and O–H groups in total. The minimum atomic E-state index is -4.39. The van der Waals surface area contributed by atoms with Crippen LogP contribution in [0, 0.1) is 0 Å². The smallest absolute Gasteiger partial charge is 0.303 e. The molecule has 1 unspecified atom stereocenters. The van der Waals surface area contributed by atoms with Gasteiger partial charge in [-0.2, -0.15) is 13.2 Å². The predicted molar refractivity (Wildman–Crippen MR) is 60.0 cm³/mol. The Balaban J connectivity index is 2.85. The lowest BCUT2D eigenvalue weighted by atomic mass is 10.0. The average molecular weight is 265 g/mol. The summed E-state index contributed by atoms with van der Waals surface area (Å²) in [5, 5.41) is -0.715. The summed E-state index contributed by atoms with van der Waals surface area (Å²) < 4.78 is 38.0. The Hall–Kier alpha value is -1.03. The fraction of sp³-hybridized carbons (Fsp3) is 0.417. The van der Waals surface area contributed by atoms with Crippen molar-refractivity contribution in [3.63, 3.8) is 0 Å². The molecule has 0 spiro atoms. The van der Waals surface area contributed by atoms with Crippen molar-refractivity contribution in [1.29, 1.82) is 0 Å². The molecular weight excluding hydrogens is 253 g/mol. The number of hydrogen-bond donors (Lipinski definition) is 0. The Morgan fingerprint density at radius 1 is 1.29 bits per heavy atom. The Morgan fingerprint density at radius 2 is 1.94 bits per heavy atom. The number of unbranched alkanes of at least 4 members (excludes halogenated alkanes) is 1. The SMILES string of the molecule is O=CCCCC(Cl)c1ccccc1C(F)(F)F. The summed E-state index contributed by atoms with van der Waals surface area (Å²) >= 11 is 5.94. The molecule has 0 aliphatic heterocycles. The lowest BCUT2D eigenvalue weighted by Gasteiger charge is -2.16. The van der Waals surface area contributed by atoms with Gasteiger partial charge in [0.1, 0.15) is 6.29 Å². The molecule has 0 saturated carbocycles. The summed E-state index contributed by atoms with van der Waals surface area (Å²) in [6, 6.07) is 5.26. The van der Waals surface area contributed by atoms with Gasteiger partial charge in [-0.25, -0.2) is 0 Å². The van der Waals surface area contributed by atoms with E-state index in [-0.39, 0.29) is 5.56 Å². The van der Waals surface area contributed by atoms with Crippen LogP contribution < -0.4 is 0 Å². The molecule has 94 valence electrons. The summed E-state index contributed by atoms with van der Waals surface area (Å²) in [6.45, 7) is 0. The maximum atomic E-state index is 12.7. The Labute approximate surface area is 103 Å². The summed E-state index contributed by atoms with van der Waals surface area (Å²) in [6.07, 6.45) is -2.50. The minimum Gasteiger partial charge on any atom is -0.303 e. The van der Waals surface area contributed by atoms with Crippen LogP contribution in [0.1, 0.15) is 35.8 Å². The summed E-state index contributed by atoms with van der Waals surface area (Å²) in [4.78, 5) is 10.1. The first-order valence-electron chi connectivity index (χ1n) is 5.20. The Kier molecular flexibility index (Phi) is 5.00. The number of hydrogen-bond acceptors (Lipinski definition) is 1. The number of carbonyl (C=O) groups is 1. The van der Waals surface area contributed by atoms with Crippen molar-refractivity contribution < 1.29 is 18.0 Å². The fourth-order valence-corrected chi connectivity index (χ4v) is 1.91. The third-order valence-electron chi connectivity index (χ3n) is 2.38. The number of carbonyl (C=O) groups excluding carboxylic acids is 1. The van der Waals surface area contributed by atoms with E-state index in [0.717, 1.165) is 12.4 Å². The van der Waals surface area contributed by atoms with Crippen LogP contribution in [0.2, 0.25) is 0 Å². The highest BCUT2D eigenvalue weighted by molar-refractivity contribution is 6.20. The molecule has 1 nitrogen and oxygen atoms in total. The molecular formula is C12H12ClF3O. The molecule has 0 aliphatic rings. The van der Waals surface area contributed by atoms with E-state index < -0.39 is 17.1 Å². The molecule has 1 rings (SSSR count). The van der Waals surface area contributed by atoms with Crippen LogP contribution in [0.3, 0.4) is 0 Å². The first-order chi connectivity index (χ1) is 7.96. The van der Waals surface area contributed by atoms with Gasteiger partial charge in [-0.15, -0.1) is 11.6 Å². The highest BCUT2D eigenvalue weighted by Crippen LogP contribution is 2.38. The third-order valence-corrected chi connectivity index (χ3v) is 2.84. The predicted octanol–water partition coefficient (Wildman–Crippen LogP) is 4.35. The van der Waals surface area contributed by atoms with E-state index in [1.54, 1.807) is 0 Å². The standard InChI is InChI=1S/C12H12ClF3O/c13-11(7-3-4-8-17)9-5-1-2-6-10(9)12(14,15)16/h1-2,5-6,8,11H,3-4,7H2. The van der Waals surface area contributed by atoms with Crippen molar-refractivity contribution in [2.24, 2.45) is 0 Å². The second kappa shape index (κ2) is 6.05. The quantitative estimate of drug-likeness (QED) is 0.439. The van der Waals surface area contributed by atoms with Crippen LogP contribution in [0.25, 0.3) is 0 Å². The van der Waals surface area contributed by atoms with Crippen LogP contribution in [0.4, 0.5) is 13.2 Å². The number of alkyl halides is 4. The van der Waals surface area contributed by atoms with Crippen molar-refractivity contribution in [2.45, 2.75) is 30.8 Å². The minimum absolute atomic E-state index is 0.0764. The molecule has 0 saturated heterocycles. The van der Waals surface area contributed by atoms with Gasteiger partial charge in [-0.3, -0.25) is 0 Å². The summed E-state index contributed by atoms with van der Waals surface area (Å²) in [5.74, 6) is 0. The van der Waals surface area contributed by atoms with Gasteiger partial charge in [-0.1, -0.05) is 18.2 Å². The first kappa shape index (κ1) is 14.0. The molecule has 0 radical (unpaired) electrons. The molecule has 0 fully saturated rings. The van der Waals surface area contributed by atoms with Crippen LogP contribution >= 0.6 is 11.6 Å². The largest absolute Gasteiger partial charge is 0.416 e. The molecule has 1 aromatic carbocycles. The highest BCUT2D eigenvalue weighted by Gasteiger charge is 2.34. The Morgan fingerprint density at radius 3 is 2.53 bits per heavy atom. The highest BCUT2D eigenvalue weighted by atomic mass is 35.5. The lowest BCUT2D eigenvalue weighted by Crippen LogP contribution is -2.10. The number of halogens is 4. The van der Waals surface area contributed by atoms with Crippen molar-refractivity contribution in [3.05, 3.63) is 35.4 Å². The second-order valence-electron chi connectivity index (χ2n) is 3.65. The number of rotatable bonds is 5. The maximum Gasteiger partial charge on any atom is 0.416 e. The van der Waals surface area contributed by atoms with E-state index in [1.807, 2.05) is 0 Å². The van der Waals surface area contributed by atoms with Crippen LogP contribution in [0.15, 0.2) is 24.3 Å². The molecule has 0 aliphatic carbocycles. The van der Waals surface area contributed by atoms with Gasteiger partial charge in [0, 0.05) is 6.42 Å². The van der Waals surface area contributed by atoms with Crippen molar-refractivity contribution in [3.8, 4) is 0 Å². The van der Waals surface area contributed by atoms with Crippen LogP contribution in [-0.4, -0.2) is 6.29 Å². The van der Waals surface area contributed by atoms with E-state index in [9.17, 15) is 18.0 Å². The van der Waals surface area contributed by atoms with E-state index in [2.05, 4.69) is 0 Å². The van der Waals surface area contributed by atoms with Gasteiger partial charge in [0.05, 0.1) is 10.9 Å². The topological polar surface area (TPSA) is 17.1 Å². The van der Waals surface area contributed by atoms with E-state index in [4.69, 9.17) is 11.6 Å².